The lowest BCUT2D eigenvalue weighted by molar-refractivity contribution is -0.137. The average molecular weight is 282 g/mol. The van der Waals surface area contributed by atoms with Gasteiger partial charge >= 0.3 is 6.18 Å². The Hall–Kier alpha value is -1.95. The maximum Gasteiger partial charge on any atom is 0.416 e. The number of ether oxygens (including phenoxy) is 1. The second kappa shape index (κ2) is 6.00. The molecule has 2 rings (SSSR count). The number of methoxy groups -OCH3 is 1. The first kappa shape index (κ1) is 14.5. The van der Waals surface area contributed by atoms with E-state index in [-0.39, 0.29) is 0 Å². The molecule has 0 aliphatic rings. The average Bonchev–Trinajstić information content (AvgIpc) is 2.45. The van der Waals surface area contributed by atoms with Gasteiger partial charge in [0.05, 0.1) is 12.2 Å². The highest BCUT2D eigenvalue weighted by Gasteiger charge is 2.30. The number of rotatable bonds is 4. The van der Waals surface area contributed by atoms with Crippen molar-refractivity contribution in [3.63, 3.8) is 0 Å². The summed E-state index contributed by atoms with van der Waals surface area (Å²) in [5.41, 5.74) is 0.658. The first-order chi connectivity index (χ1) is 9.50. The Kier molecular flexibility index (Phi) is 4.34. The lowest BCUT2D eigenvalue weighted by Crippen LogP contribution is -2.04. The van der Waals surface area contributed by atoms with Gasteiger partial charge in [0.1, 0.15) is 0 Å². The van der Waals surface area contributed by atoms with Crippen LogP contribution < -0.4 is 0 Å². The van der Waals surface area contributed by atoms with Crippen LogP contribution in [0, 0.1) is 0 Å². The second-order valence-electron chi connectivity index (χ2n) is 4.19. The highest BCUT2D eigenvalue weighted by Crippen LogP contribution is 2.30. The fraction of sp³-hybridized carbons (Fsp3) is 0.286. The number of hydrogen-bond donors (Lipinski definition) is 0. The van der Waals surface area contributed by atoms with Crippen molar-refractivity contribution in [2.75, 3.05) is 13.7 Å². The molecule has 1 aromatic heterocycles. The SMILES string of the molecule is COCCc1ccnc(-c2ccc(C(F)(F)F)cc2)n1. The van der Waals surface area contributed by atoms with Crippen LogP contribution in [0.2, 0.25) is 0 Å². The summed E-state index contributed by atoms with van der Waals surface area (Å²) >= 11 is 0. The lowest BCUT2D eigenvalue weighted by Gasteiger charge is -2.07. The summed E-state index contributed by atoms with van der Waals surface area (Å²) in [7, 11) is 1.60. The number of benzene rings is 1. The number of nitrogens with zero attached hydrogens (tertiary/aromatic N) is 2. The predicted octanol–water partition coefficient (Wildman–Crippen LogP) is 3.35. The topological polar surface area (TPSA) is 35.0 Å². The van der Waals surface area contributed by atoms with Gasteiger partial charge in [-0.25, -0.2) is 9.97 Å². The summed E-state index contributed by atoms with van der Waals surface area (Å²) in [5, 5.41) is 0. The van der Waals surface area contributed by atoms with E-state index in [1.54, 1.807) is 19.4 Å². The van der Waals surface area contributed by atoms with Crippen LogP contribution >= 0.6 is 0 Å². The maximum atomic E-state index is 12.5. The molecule has 6 heteroatoms. The zero-order valence-electron chi connectivity index (χ0n) is 10.8. The van der Waals surface area contributed by atoms with E-state index in [0.29, 0.717) is 24.4 Å². The molecule has 3 nitrogen and oxygen atoms in total. The van der Waals surface area contributed by atoms with E-state index in [2.05, 4.69) is 9.97 Å². The minimum absolute atomic E-state index is 0.410. The Balaban J connectivity index is 2.23. The van der Waals surface area contributed by atoms with E-state index in [1.807, 2.05) is 0 Å². The van der Waals surface area contributed by atoms with Crippen molar-refractivity contribution in [1.82, 2.24) is 9.97 Å². The summed E-state index contributed by atoms with van der Waals surface area (Å²) in [4.78, 5) is 8.38. The molecular formula is C14H13F3N2O. The van der Waals surface area contributed by atoms with Crippen LogP contribution in [0.25, 0.3) is 11.4 Å². The molecule has 106 valence electrons. The van der Waals surface area contributed by atoms with E-state index >= 15 is 0 Å². The molecule has 0 saturated carbocycles. The van der Waals surface area contributed by atoms with E-state index in [1.165, 1.54) is 12.1 Å². The molecule has 20 heavy (non-hydrogen) atoms. The molecule has 0 unspecified atom stereocenters. The Labute approximate surface area is 114 Å². The minimum atomic E-state index is -4.33. The van der Waals surface area contributed by atoms with Gasteiger partial charge < -0.3 is 4.74 Å². The molecule has 0 aliphatic heterocycles. The molecule has 1 heterocycles. The van der Waals surface area contributed by atoms with Crippen molar-refractivity contribution >= 4 is 0 Å². The molecule has 0 saturated heterocycles. The van der Waals surface area contributed by atoms with Gasteiger partial charge in [0.2, 0.25) is 0 Å². The molecule has 0 bridgehead atoms. The largest absolute Gasteiger partial charge is 0.416 e. The lowest BCUT2D eigenvalue weighted by atomic mass is 10.1. The molecule has 0 fully saturated rings. The summed E-state index contributed by atoms with van der Waals surface area (Å²) in [6.07, 6.45) is -2.11. The van der Waals surface area contributed by atoms with Crippen LogP contribution in [-0.4, -0.2) is 23.7 Å². The van der Waals surface area contributed by atoms with Crippen molar-refractivity contribution in [2.24, 2.45) is 0 Å². The second-order valence-corrected chi connectivity index (χ2v) is 4.19. The van der Waals surface area contributed by atoms with Crippen LogP contribution in [0.15, 0.2) is 36.5 Å². The zero-order chi connectivity index (χ0) is 14.6. The van der Waals surface area contributed by atoms with Gasteiger partial charge in [-0.1, -0.05) is 12.1 Å². The third kappa shape index (κ3) is 3.54. The van der Waals surface area contributed by atoms with E-state index in [4.69, 9.17) is 4.74 Å². The van der Waals surface area contributed by atoms with E-state index in [9.17, 15) is 13.2 Å². The van der Waals surface area contributed by atoms with Crippen LogP contribution in [0.1, 0.15) is 11.3 Å². The zero-order valence-corrected chi connectivity index (χ0v) is 10.8. The number of aromatic nitrogens is 2. The van der Waals surface area contributed by atoms with Gasteiger partial charge in [-0.3, -0.25) is 0 Å². The molecule has 0 spiro atoms. The Morgan fingerprint density at radius 3 is 2.40 bits per heavy atom. The fourth-order valence-electron chi connectivity index (χ4n) is 1.69. The Morgan fingerprint density at radius 1 is 1.10 bits per heavy atom. The van der Waals surface area contributed by atoms with Crippen molar-refractivity contribution in [1.29, 1.82) is 0 Å². The predicted molar refractivity (Wildman–Crippen MR) is 68.1 cm³/mol. The van der Waals surface area contributed by atoms with Crippen molar-refractivity contribution in [2.45, 2.75) is 12.6 Å². The van der Waals surface area contributed by atoms with Gasteiger partial charge in [0.15, 0.2) is 5.82 Å². The van der Waals surface area contributed by atoms with Gasteiger partial charge in [-0.2, -0.15) is 13.2 Å². The highest BCUT2D eigenvalue weighted by atomic mass is 19.4. The van der Waals surface area contributed by atoms with Gasteiger partial charge in [0.25, 0.3) is 0 Å². The third-order valence-corrected chi connectivity index (χ3v) is 2.75. The first-order valence-electron chi connectivity index (χ1n) is 5.99. The van der Waals surface area contributed by atoms with Crippen LogP contribution in [0.5, 0.6) is 0 Å². The summed E-state index contributed by atoms with van der Waals surface area (Å²) in [6.45, 7) is 0.531. The molecular weight excluding hydrogens is 269 g/mol. The molecule has 0 aliphatic carbocycles. The molecule has 2 aromatic rings. The van der Waals surface area contributed by atoms with Crippen LogP contribution in [-0.2, 0) is 17.3 Å². The van der Waals surface area contributed by atoms with E-state index in [0.717, 1.165) is 17.8 Å². The van der Waals surface area contributed by atoms with Crippen molar-refractivity contribution < 1.29 is 17.9 Å². The van der Waals surface area contributed by atoms with Crippen molar-refractivity contribution in [3.05, 3.63) is 47.8 Å². The van der Waals surface area contributed by atoms with Gasteiger partial charge in [-0.15, -0.1) is 0 Å². The molecule has 1 aromatic carbocycles. The maximum absolute atomic E-state index is 12.5. The summed E-state index contributed by atoms with van der Waals surface area (Å²) in [6, 6.07) is 6.56. The molecule has 0 N–H and O–H groups in total. The Morgan fingerprint density at radius 2 is 1.80 bits per heavy atom. The summed E-state index contributed by atoms with van der Waals surface area (Å²) < 4.78 is 42.4. The Bertz CT molecular complexity index is 567. The monoisotopic (exact) mass is 282 g/mol. The fourth-order valence-corrected chi connectivity index (χ4v) is 1.69. The number of alkyl halides is 3. The molecule has 0 atom stereocenters. The quantitative estimate of drug-likeness (QED) is 0.862. The molecule has 0 radical (unpaired) electrons. The van der Waals surface area contributed by atoms with Gasteiger partial charge in [0, 0.05) is 31.0 Å². The molecule has 0 amide bonds. The number of halogens is 3. The minimum Gasteiger partial charge on any atom is -0.384 e. The summed E-state index contributed by atoms with van der Waals surface area (Å²) in [5.74, 6) is 0.410. The third-order valence-electron chi connectivity index (χ3n) is 2.75. The van der Waals surface area contributed by atoms with E-state index < -0.39 is 11.7 Å². The van der Waals surface area contributed by atoms with Crippen LogP contribution in [0.3, 0.4) is 0 Å². The normalized spacial score (nSPS) is 11.6. The van der Waals surface area contributed by atoms with Crippen LogP contribution in [0.4, 0.5) is 13.2 Å². The standard InChI is InChI=1S/C14H13F3N2O/c1-20-9-7-12-6-8-18-13(19-12)10-2-4-11(5-3-10)14(15,16)17/h2-6,8H,7,9H2,1H3. The highest BCUT2D eigenvalue weighted by molar-refractivity contribution is 5.55. The smallest absolute Gasteiger partial charge is 0.384 e. The van der Waals surface area contributed by atoms with Gasteiger partial charge in [-0.05, 0) is 18.2 Å². The van der Waals surface area contributed by atoms with Crippen molar-refractivity contribution in [3.8, 4) is 11.4 Å². The first-order valence-corrected chi connectivity index (χ1v) is 5.99. The number of hydrogen-bond acceptors (Lipinski definition) is 3.